The van der Waals surface area contributed by atoms with E-state index in [0.717, 1.165) is 0 Å². The van der Waals surface area contributed by atoms with Gasteiger partial charge in [-0.05, 0) is 19.1 Å². The molecule has 1 aromatic rings. The van der Waals surface area contributed by atoms with E-state index < -0.39 is 5.79 Å². The van der Waals surface area contributed by atoms with Crippen LogP contribution in [0.1, 0.15) is 23.7 Å². The SMILES string of the molecule is COc1ccccc1C(=O)NCCC1(C)OCCO1. The van der Waals surface area contributed by atoms with Gasteiger partial charge in [-0.3, -0.25) is 4.79 Å². The van der Waals surface area contributed by atoms with E-state index in [0.29, 0.717) is 37.5 Å². The van der Waals surface area contributed by atoms with Gasteiger partial charge in [0.25, 0.3) is 5.91 Å². The van der Waals surface area contributed by atoms with Crippen molar-refractivity contribution in [3.05, 3.63) is 29.8 Å². The van der Waals surface area contributed by atoms with E-state index in [2.05, 4.69) is 5.32 Å². The topological polar surface area (TPSA) is 56.8 Å². The molecule has 0 unspecified atom stereocenters. The summed E-state index contributed by atoms with van der Waals surface area (Å²) in [7, 11) is 1.55. The van der Waals surface area contributed by atoms with Crippen LogP contribution in [-0.2, 0) is 9.47 Å². The molecule has 104 valence electrons. The highest BCUT2D eigenvalue weighted by Gasteiger charge is 2.30. The van der Waals surface area contributed by atoms with Crippen LogP contribution >= 0.6 is 0 Å². The summed E-state index contributed by atoms with van der Waals surface area (Å²) in [6.45, 7) is 3.59. The zero-order valence-electron chi connectivity index (χ0n) is 11.3. The number of carbonyl (C=O) groups excluding carboxylic acids is 1. The lowest BCUT2D eigenvalue weighted by atomic mass is 10.1. The van der Waals surface area contributed by atoms with Crippen molar-refractivity contribution in [2.24, 2.45) is 0 Å². The van der Waals surface area contributed by atoms with Crippen molar-refractivity contribution in [1.82, 2.24) is 5.32 Å². The minimum absolute atomic E-state index is 0.154. The minimum atomic E-state index is -0.575. The van der Waals surface area contributed by atoms with E-state index in [-0.39, 0.29) is 5.91 Å². The third-order valence-electron chi connectivity index (χ3n) is 3.11. The van der Waals surface area contributed by atoms with Crippen LogP contribution in [0.4, 0.5) is 0 Å². The first-order valence-electron chi connectivity index (χ1n) is 6.34. The highest BCUT2D eigenvalue weighted by atomic mass is 16.7. The van der Waals surface area contributed by atoms with Crippen molar-refractivity contribution in [3.63, 3.8) is 0 Å². The van der Waals surface area contributed by atoms with Gasteiger partial charge in [-0.25, -0.2) is 0 Å². The molecule has 0 bridgehead atoms. The van der Waals surface area contributed by atoms with Crippen molar-refractivity contribution in [2.45, 2.75) is 19.1 Å². The summed E-state index contributed by atoms with van der Waals surface area (Å²) < 4.78 is 16.1. The molecule has 0 saturated carbocycles. The van der Waals surface area contributed by atoms with Crippen molar-refractivity contribution in [2.75, 3.05) is 26.9 Å². The summed E-state index contributed by atoms with van der Waals surface area (Å²) >= 11 is 0. The maximum absolute atomic E-state index is 12.0. The number of hydrogen-bond donors (Lipinski definition) is 1. The van der Waals surface area contributed by atoms with E-state index >= 15 is 0 Å². The molecule has 1 N–H and O–H groups in total. The Morgan fingerprint density at radius 3 is 2.74 bits per heavy atom. The van der Waals surface area contributed by atoms with E-state index in [1.165, 1.54) is 0 Å². The van der Waals surface area contributed by atoms with Gasteiger partial charge in [-0.15, -0.1) is 0 Å². The number of benzene rings is 1. The summed E-state index contributed by atoms with van der Waals surface area (Å²) in [6.07, 6.45) is 0.619. The van der Waals surface area contributed by atoms with Gasteiger partial charge < -0.3 is 19.5 Å². The maximum atomic E-state index is 12.0. The Bertz CT molecular complexity index is 441. The van der Waals surface area contributed by atoms with Crippen molar-refractivity contribution < 1.29 is 19.0 Å². The molecule has 0 atom stereocenters. The van der Waals surface area contributed by atoms with Crippen molar-refractivity contribution in [1.29, 1.82) is 0 Å². The van der Waals surface area contributed by atoms with Gasteiger partial charge in [0.1, 0.15) is 5.75 Å². The quantitative estimate of drug-likeness (QED) is 0.878. The molecule has 1 saturated heterocycles. The van der Waals surface area contributed by atoms with Gasteiger partial charge in [-0.2, -0.15) is 0 Å². The van der Waals surface area contributed by atoms with Crippen LogP contribution in [-0.4, -0.2) is 38.6 Å². The fraction of sp³-hybridized carbons (Fsp3) is 0.500. The Morgan fingerprint density at radius 1 is 1.37 bits per heavy atom. The third-order valence-corrected chi connectivity index (χ3v) is 3.11. The van der Waals surface area contributed by atoms with Crippen LogP contribution in [0, 0.1) is 0 Å². The number of para-hydroxylation sites is 1. The normalized spacial score (nSPS) is 17.2. The molecule has 0 radical (unpaired) electrons. The second-order valence-corrected chi connectivity index (χ2v) is 4.54. The number of amides is 1. The molecule has 1 heterocycles. The summed E-state index contributed by atoms with van der Waals surface area (Å²) in [6, 6.07) is 7.14. The van der Waals surface area contributed by atoms with E-state index in [4.69, 9.17) is 14.2 Å². The van der Waals surface area contributed by atoms with E-state index in [1.54, 1.807) is 19.2 Å². The van der Waals surface area contributed by atoms with Crippen LogP contribution in [0.3, 0.4) is 0 Å². The molecule has 0 spiro atoms. The zero-order chi connectivity index (χ0) is 13.7. The molecule has 1 amide bonds. The first-order valence-corrected chi connectivity index (χ1v) is 6.34. The molecule has 1 aliphatic heterocycles. The molecule has 2 rings (SSSR count). The second kappa shape index (κ2) is 6.04. The van der Waals surface area contributed by atoms with Crippen LogP contribution in [0.25, 0.3) is 0 Å². The van der Waals surface area contributed by atoms with Gasteiger partial charge in [0, 0.05) is 13.0 Å². The Hall–Kier alpha value is -1.59. The lowest BCUT2D eigenvalue weighted by Crippen LogP contribution is -2.33. The zero-order valence-corrected chi connectivity index (χ0v) is 11.3. The average molecular weight is 265 g/mol. The summed E-state index contributed by atoms with van der Waals surface area (Å²) in [5, 5.41) is 2.85. The highest BCUT2D eigenvalue weighted by molar-refractivity contribution is 5.96. The first kappa shape index (κ1) is 13.8. The van der Waals surface area contributed by atoms with Gasteiger partial charge in [0.2, 0.25) is 0 Å². The van der Waals surface area contributed by atoms with E-state index in [9.17, 15) is 4.79 Å². The second-order valence-electron chi connectivity index (χ2n) is 4.54. The lowest BCUT2D eigenvalue weighted by Gasteiger charge is -2.22. The molecule has 0 aromatic heterocycles. The summed E-state index contributed by atoms with van der Waals surface area (Å²) in [5.74, 6) is -0.160. The number of methoxy groups -OCH3 is 1. The predicted octanol–water partition coefficient (Wildman–Crippen LogP) is 1.58. The summed E-state index contributed by atoms with van der Waals surface area (Å²) in [4.78, 5) is 12.0. The third kappa shape index (κ3) is 3.45. The fourth-order valence-corrected chi connectivity index (χ4v) is 2.03. The minimum Gasteiger partial charge on any atom is -0.496 e. The molecule has 1 fully saturated rings. The van der Waals surface area contributed by atoms with Crippen LogP contribution < -0.4 is 10.1 Å². The van der Waals surface area contributed by atoms with Gasteiger partial charge >= 0.3 is 0 Å². The number of nitrogens with one attached hydrogen (secondary N) is 1. The molecular formula is C14H19NO4. The van der Waals surface area contributed by atoms with Crippen LogP contribution in [0.5, 0.6) is 5.75 Å². The summed E-state index contributed by atoms with van der Waals surface area (Å²) in [5.41, 5.74) is 0.531. The molecule has 0 aliphatic carbocycles. The molecular weight excluding hydrogens is 246 g/mol. The van der Waals surface area contributed by atoms with Gasteiger partial charge in [0.05, 0.1) is 25.9 Å². The Morgan fingerprint density at radius 2 is 2.05 bits per heavy atom. The Balaban J connectivity index is 1.87. The standard InChI is InChI=1S/C14H19NO4/c1-14(18-9-10-19-14)7-8-15-13(16)11-5-3-4-6-12(11)17-2/h3-6H,7-10H2,1-2H3,(H,15,16). The largest absolute Gasteiger partial charge is 0.496 e. The molecule has 5 heteroatoms. The van der Waals surface area contributed by atoms with Crippen LogP contribution in [0.2, 0.25) is 0 Å². The molecule has 1 aliphatic rings. The smallest absolute Gasteiger partial charge is 0.255 e. The van der Waals surface area contributed by atoms with Gasteiger partial charge in [0.15, 0.2) is 5.79 Å². The number of rotatable bonds is 5. The maximum Gasteiger partial charge on any atom is 0.255 e. The van der Waals surface area contributed by atoms with Crippen molar-refractivity contribution in [3.8, 4) is 5.75 Å². The molecule has 1 aromatic carbocycles. The van der Waals surface area contributed by atoms with Gasteiger partial charge in [-0.1, -0.05) is 12.1 Å². The molecule has 19 heavy (non-hydrogen) atoms. The van der Waals surface area contributed by atoms with Crippen molar-refractivity contribution >= 4 is 5.91 Å². The predicted molar refractivity (Wildman–Crippen MR) is 70.3 cm³/mol. The Kier molecular flexibility index (Phi) is 4.39. The number of hydrogen-bond acceptors (Lipinski definition) is 4. The van der Waals surface area contributed by atoms with Crippen LogP contribution in [0.15, 0.2) is 24.3 Å². The first-order chi connectivity index (χ1) is 9.14. The Labute approximate surface area is 112 Å². The van der Waals surface area contributed by atoms with E-state index in [1.807, 2.05) is 19.1 Å². The average Bonchev–Trinajstić information content (AvgIpc) is 2.85. The monoisotopic (exact) mass is 265 g/mol. The fourth-order valence-electron chi connectivity index (χ4n) is 2.03. The number of ether oxygens (including phenoxy) is 3. The highest BCUT2D eigenvalue weighted by Crippen LogP contribution is 2.22. The molecule has 5 nitrogen and oxygen atoms in total. The lowest BCUT2D eigenvalue weighted by molar-refractivity contribution is -0.145. The number of carbonyl (C=O) groups is 1.